The van der Waals surface area contributed by atoms with Gasteiger partial charge in [0.2, 0.25) is 0 Å². The van der Waals surface area contributed by atoms with Gasteiger partial charge in [0.25, 0.3) is 0 Å². The molecule has 0 aliphatic heterocycles. The molecule has 4 rings (SSSR count). The van der Waals surface area contributed by atoms with E-state index < -0.39 is 0 Å². The van der Waals surface area contributed by atoms with Crippen molar-refractivity contribution in [2.24, 2.45) is 0 Å². The number of ether oxygens (including phenoxy) is 1. The fraction of sp³-hybridized carbons (Fsp3) is 0.205. The summed E-state index contributed by atoms with van der Waals surface area (Å²) in [6.45, 7) is 21.1. The van der Waals surface area contributed by atoms with Gasteiger partial charge in [-0.25, -0.2) is 0 Å². The minimum absolute atomic E-state index is 0. The molecule has 0 saturated heterocycles. The van der Waals surface area contributed by atoms with Crippen LogP contribution in [-0.4, -0.2) is 12.6 Å². The molecular weight excluding hydrogens is 515 g/mol. The fourth-order valence-corrected chi connectivity index (χ4v) is 5.10. The van der Waals surface area contributed by atoms with E-state index in [0.29, 0.717) is 5.92 Å². The SMILES string of the molecule is C.C=C=C(C=C)c1ccccc1CC(C)c1cc(C)cc2c1C=CC(c1ccc(C)cc1)=CC2=C=C.CCOC=P.[HH].[HH]. The predicted octanol–water partition coefficient (Wildman–Crippen LogP) is 11.3. The zero-order chi connectivity index (χ0) is 29.1. The van der Waals surface area contributed by atoms with Crippen LogP contribution >= 0.6 is 8.86 Å². The molecule has 1 aliphatic rings. The first-order valence-corrected chi connectivity index (χ1v) is 14.2. The number of rotatable bonds is 8. The summed E-state index contributed by atoms with van der Waals surface area (Å²) in [6.07, 6.45) is 9.43. The van der Waals surface area contributed by atoms with Crippen molar-refractivity contribution >= 4 is 37.6 Å². The standard InChI is InChI=1S/C35H32.C3H7OP.CH4.2H2/c1-7-27(8-2)32-13-11-10-12-31(32)22-26(6)34-20-25(5)21-35-28(9-3)23-30(18-19-33(34)35)29-16-14-24(4)15-17-29;1-2-4-3-5;;;/h7,10-21,23,26H,1-3,22H2,4-6H3;3,5H,2H2,1H3;1H4;2*1H. The molecule has 0 bridgehead atoms. The van der Waals surface area contributed by atoms with Gasteiger partial charge in [-0.15, -0.1) is 11.5 Å². The summed E-state index contributed by atoms with van der Waals surface area (Å²) in [5.41, 5.74) is 19.3. The Morgan fingerprint density at radius 1 is 1.02 bits per heavy atom. The lowest BCUT2D eigenvalue weighted by Crippen LogP contribution is -2.05. The number of hydrogen-bond acceptors (Lipinski definition) is 1. The highest BCUT2D eigenvalue weighted by Gasteiger charge is 2.19. The van der Waals surface area contributed by atoms with Gasteiger partial charge in [0.15, 0.2) is 0 Å². The second-order valence-electron chi connectivity index (χ2n) is 9.83. The van der Waals surface area contributed by atoms with E-state index >= 15 is 0 Å². The molecule has 1 atom stereocenters. The molecule has 1 aliphatic carbocycles. The minimum Gasteiger partial charge on any atom is -0.350 e. The zero-order valence-corrected chi connectivity index (χ0v) is 25.2. The van der Waals surface area contributed by atoms with Crippen molar-refractivity contribution < 1.29 is 7.59 Å². The van der Waals surface area contributed by atoms with Gasteiger partial charge in [0.1, 0.15) is 0 Å². The van der Waals surface area contributed by atoms with Gasteiger partial charge in [0, 0.05) is 14.0 Å². The summed E-state index contributed by atoms with van der Waals surface area (Å²) in [5.74, 6) is 1.79. The van der Waals surface area contributed by atoms with Gasteiger partial charge in [-0.2, -0.15) is 0 Å². The van der Waals surface area contributed by atoms with E-state index in [-0.39, 0.29) is 10.3 Å². The van der Waals surface area contributed by atoms with E-state index in [0.717, 1.165) is 29.7 Å². The van der Waals surface area contributed by atoms with E-state index in [4.69, 9.17) is 0 Å². The van der Waals surface area contributed by atoms with Gasteiger partial charge >= 0.3 is 0 Å². The third-order valence-corrected chi connectivity index (χ3v) is 7.13. The summed E-state index contributed by atoms with van der Waals surface area (Å²) >= 11 is 0. The Kier molecular flexibility index (Phi) is 13.3. The molecular formula is C39H47OP. The monoisotopic (exact) mass is 562 g/mol. The molecule has 2 heteroatoms. The highest BCUT2D eigenvalue weighted by atomic mass is 31.0. The molecule has 1 nitrogen and oxygen atoms in total. The van der Waals surface area contributed by atoms with Gasteiger partial charge in [0.05, 0.1) is 12.6 Å². The van der Waals surface area contributed by atoms with Crippen LogP contribution in [-0.2, 0) is 11.2 Å². The molecule has 41 heavy (non-hydrogen) atoms. The Labute approximate surface area is 253 Å². The first-order chi connectivity index (χ1) is 19.4. The maximum Gasteiger partial charge on any atom is 0.0581 e. The summed E-state index contributed by atoms with van der Waals surface area (Å²) in [6, 6.07) is 21.7. The molecule has 214 valence electrons. The van der Waals surface area contributed by atoms with Crippen LogP contribution in [0.4, 0.5) is 0 Å². The number of allylic oxidation sites excluding steroid dienone is 6. The molecule has 0 N–H and O–H groups in total. The van der Waals surface area contributed by atoms with Crippen LogP contribution in [0.1, 0.15) is 74.6 Å². The van der Waals surface area contributed by atoms with Gasteiger partial charge in [-0.05, 0) is 78.1 Å². The van der Waals surface area contributed by atoms with Gasteiger partial charge < -0.3 is 4.74 Å². The summed E-state index contributed by atoms with van der Waals surface area (Å²) in [5, 5.41) is 0. The highest BCUT2D eigenvalue weighted by Crippen LogP contribution is 2.37. The molecule has 0 fully saturated rings. The number of fused-ring (bicyclic) bond motifs is 1. The van der Waals surface area contributed by atoms with Crippen molar-refractivity contribution in [1.82, 2.24) is 0 Å². The number of benzene rings is 3. The molecule has 0 aromatic heterocycles. The topological polar surface area (TPSA) is 9.23 Å². The van der Waals surface area contributed by atoms with Crippen molar-refractivity contribution in [1.29, 1.82) is 0 Å². The van der Waals surface area contributed by atoms with E-state index in [9.17, 15) is 0 Å². The van der Waals surface area contributed by atoms with Crippen molar-refractivity contribution in [2.75, 3.05) is 6.61 Å². The van der Waals surface area contributed by atoms with E-state index in [2.05, 4.69) is 144 Å². The molecule has 1 unspecified atom stereocenters. The van der Waals surface area contributed by atoms with Crippen LogP contribution in [0.15, 0.2) is 110 Å². The Hall–Kier alpha value is -3.95. The Morgan fingerprint density at radius 2 is 1.73 bits per heavy atom. The normalized spacial score (nSPS) is 12.1. The summed E-state index contributed by atoms with van der Waals surface area (Å²) < 4.78 is 4.62. The number of aryl methyl sites for hydroxylation is 2. The van der Waals surface area contributed by atoms with Gasteiger partial charge in [-0.3, -0.25) is 0 Å². The average molecular weight is 563 g/mol. The predicted molar refractivity (Wildman–Crippen MR) is 190 cm³/mol. The lowest BCUT2D eigenvalue weighted by Gasteiger charge is -2.20. The van der Waals surface area contributed by atoms with Crippen LogP contribution < -0.4 is 0 Å². The molecule has 3 aromatic rings. The lowest BCUT2D eigenvalue weighted by molar-refractivity contribution is 0.351. The Bertz CT molecular complexity index is 1550. The van der Waals surface area contributed by atoms with Crippen LogP contribution in [0, 0.1) is 13.8 Å². The Morgan fingerprint density at radius 3 is 2.32 bits per heavy atom. The van der Waals surface area contributed by atoms with E-state index in [1.165, 1.54) is 50.5 Å². The fourth-order valence-electron chi connectivity index (χ4n) is 4.93. The maximum absolute atomic E-state index is 4.62. The van der Waals surface area contributed by atoms with Crippen molar-refractivity contribution in [2.45, 2.75) is 47.5 Å². The lowest BCUT2D eigenvalue weighted by atomic mass is 9.84. The quantitative estimate of drug-likeness (QED) is 0.151. The molecule has 3 aromatic carbocycles. The molecule has 0 saturated carbocycles. The van der Waals surface area contributed by atoms with Crippen molar-refractivity contribution in [3.8, 4) is 0 Å². The first kappa shape index (κ1) is 33.3. The Balaban J connectivity index is 0.00000204. The van der Waals surface area contributed by atoms with Crippen molar-refractivity contribution in [3.05, 3.63) is 155 Å². The highest BCUT2D eigenvalue weighted by molar-refractivity contribution is 7.17. The van der Waals surface area contributed by atoms with Crippen molar-refractivity contribution in [3.63, 3.8) is 0 Å². The van der Waals surface area contributed by atoms with E-state index in [1.807, 2.05) is 13.0 Å². The molecule has 0 heterocycles. The molecule has 0 spiro atoms. The number of hydrogen-bond donors (Lipinski definition) is 0. The molecule has 0 radical (unpaired) electrons. The van der Waals surface area contributed by atoms with Crippen LogP contribution in [0.25, 0.3) is 22.8 Å². The smallest absolute Gasteiger partial charge is 0.0581 e. The summed E-state index contributed by atoms with van der Waals surface area (Å²) in [7, 11) is 3.00. The maximum atomic E-state index is 4.62. The van der Waals surface area contributed by atoms with Gasteiger partial charge in [-0.1, -0.05) is 133 Å². The first-order valence-electron chi connectivity index (χ1n) is 13.6. The van der Waals surface area contributed by atoms with Crippen LogP contribution in [0.3, 0.4) is 0 Å². The second-order valence-corrected chi connectivity index (χ2v) is 10.1. The zero-order valence-electron chi connectivity index (χ0n) is 24.2. The van der Waals surface area contributed by atoms with E-state index in [1.54, 1.807) is 0 Å². The largest absolute Gasteiger partial charge is 0.350 e. The second kappa shape index (κ2) is 16.3. The average Bonchev–Trinajstić information content (AvgIpc) is 3.15. The van der Waals surface area contributed by atoms with Crippen LogP contribution in [0.2, 0.25) is 0 Å². The summed E-state index contributed by atoms with van der Waals surface area (Å²) in [4.78, 5) is 0. The third kappa shape index (κ3) is 8.52. The minimum atomic E-state index is 0. The molecule has 0 amide bonds. The third-order valence-electron chi connectivity index (χ3n) is 6.96. The van der Waals surface area contributed by atoms with Crippen LogP contribution in [0.5, 0.6) is 0 Å².